The minimum Gasteiger partial charge on any atom is -0.438 e. The topological polar surface area (TPSA) is 76.1 Å². The molecule has 7 heteroatoms. The van der Waals surface area contributed by atoms with E-state index in [9.17, 15) is 0 Å². The van der Waals surface area contributed by atoms with Gasteiger partial charge in [-0.1, -0.05) is 91.0 Å². The molecule has 0 N–H and O–H groups in total. The lowest BCUT2D eigenvalue weighted by atomic mass is 10.3. The van der Waals surface area contributed by atoms with E-state index in [0.29, 0.717) is 5.82 Å². The van der Waals surface area contributed by atoms with Crippen molar-refractivity contribution in [3.05, 3.63) is 103 Å². The van der Waals surface area contributed by atoms with Crippen LogP contribution in [0.3, 0.4) is 0 Å². The van der Waals surface area contributed by atoms with E-state index in [1.165, 1.54) is 10.9 Å². The summed E-state index contributed by atoms with van der Waals surface area (Å²) in [4.78, 5) is 4.14. The van der Waals surface area contributed by atoms with Gasteiger partial charge in [-0.25, -0.2) is 4.68 Å². The van der Waals surface area contributed by atoms with Crippen molar-refractivity contribution < 1.29 is 4.53 Å². The highest BCUT2D eigenvalue weighted by molar-refractivity contribution is 7.07. The average Bonchev–Trinajstić information content (AvgIpc) is 3.18. The third kappa shape index (κ3) is 3.64. The predicted octanol–water partition coefficient (Wildman–Crippen LogP) is 1.70. The number of rotatable bonds is 6. The van der Waals surface area contributed by atoms with E-state index in [-0.39, 0.29) is 5.82 Å². The van der Waals surface area contributed by atoms with Crippen LogP contribution in [0.2, 0.25) is 0 Å². The molecule has 1 heterocycles. The van der Waals surface area contributed by atoms with E-state index in [1.54, 1.807) is 7.05 Å². The lowest BCUT2D eigenvalue weighted by Crippen LogP contribution is -2.68. The minimum absolute atomic E-state index is 0.217. The Morgan fingerprint density at radius 2 is 1.33 bits per heavy atom. The molecule has 4 rings (SSSR count). The number of benzene rings is 3. The first-order valence-corrected chi connectivity index (χ1v) is 11.3. The fraction of sp³-hybridized carbons (Fsp3) is 0.0435. The molecule has 0 radical (unpaired) electrons. The van der Waals surface area contributed by atoms with Crippen molar-refractivity contribution in [2.45, 2.75) is 0 Å². The Bertz CT molecular complexity index is 1090. The van der Waals surface area contributed by atoms with E-state index in [1.807, 2.05) is 60.7 Å². The van der Waals surface area contributed by atoms with Gasteiger partial charge in [0.2, 0.25) is 5.82 Å². The highest BCUT2D eigenvalue weighted by Gasteiger charge is 2.44. The van der Waals surface area contributed by atoms with Gasteiger partial charge in [-0.15, -0.1) is 10.3 Å². The van der Waals surface area contributed by atoms with Crippen LogP contribution in [0.4, 0.5) is 0 Å². The molecule has 30 heavy (non-hydrogen) atoms. The zero-order chi connectivity index (χ0) is 20.8. The van der Waals surface area contributed by atoms with Crippen LogP contribution in [0.15, 0.2) is 96.2 Å². The Morgan fingerprint density at radius 3 is 1.73 bits per heavy atom. The zero-order valence-corrected chi connectivity index (χ0v) is 17.4. The first kappa shape index (κ1) is 19.3. The number of nitriles is 1. The highest BCUT2D eigenvalue weighted by Crippen LogP contribution is 2.10. The third-order valence-electron chi connectivity index (χ3n) is 4.78. The molecular weight excluding hydrogens is 390 g/mol. The van der Waals surface area contributed by atoms with E-state index in [2.05, 4.69) is 51.6 Å². The lowest BCUT2D eigenvalue weighted by Gasteiger charge is -2.29. The maximum Gasteiger partial charge on any atom is 0.380 e. The second kappa shape index (κ2) is 8.55. The summed E-state index contributed by atoms with van der Waals surface area (Å²) in [7, 11) is -1.25. The van der Waals surface area contributed by atoms with E-state index in [0.717, 1.165) is 15.6 Å². The summed E-state index contributed by atoms with van der Waals surface area (Å²) in [5.74, 6) is 0.542. The molecule has 0 spiro atoms. The monoisotopic (exact) mass is 409 g/mol. The van der Waals surface area contributed by atoms with Crippen molar-refractivity contribution in [3.8, 4) is 6.07 Å². The van der Waals surface area contributed by atoms with Crippen LogP contribution < -0.4 is 15.6 Å². The fourth-order valence-corrected chi connectivity index (χ4v) is 6.90. The number of nitrogens with zero attached hydrogens (tertiary/aromatic N) is 5. The minimum atomic E-state index is -2.92. The van der Waals surface area contributed by atoms with Gasteiger partial charge in [0, 0.05) is 7.05 Å². The molecule has 4 aromatic rings. The molecule has 0 aliphatic heterocycles. The molecule has 0 fully saturated rings. The van der Waals surface area contributed by atoms with Gasteiger partial charge < -0.3 is 4.53 Å². The van der Waals surface area contributed by atoms with Crippen molar-refractivity contribution in [1.29, 1.82) is 5.26 Å². The summed E-state index contributed by atoms with van der Waals surface area (Å²) >= 11 is 0. The second-order valence-corrected chi connectivity index (χ2v) is 9.91. The Morgan fingerprint density at radius 1 is 0.867 bits per heavy atom. The summed E-state index contributed by atoms with van der Waals surface area (Å²) in [5.41, 5.74) is 0. The lowest BCUT2D eigenvalue weighted by molar-refractivity contribution is 0.351. The number of oxime groups is 1. The molecule has 0 atom stereocenters. The van der Waals surface area contributed by atoms with E-state index < -0.39 is 8.32 Å². The Kier molecular flexibility index (Phi) is 5.50. The van der Waals surface area contributed by atoms with Crippen molar-refractivity contribution in [3.63, 3.8) is 0 Å². The summed E-state index contributed by atoms with van der Waals surface area (Å²) in [6, 6.07) is 32.5. The van der Waals surface area contributed by atoms with Gasteiger partial charge in [-0.05, 0) is 15.6 Å². The van der Waals surface area contributed by atoms with Gasteiger partial charge >= 0.3 is 8.32 Å². The van der Waals surface area contributed by atoms with Gasteiger partial charge in [0.15, 0.2) is 5.82 Å². The van der Waals surface area contributed by atoms with Gasteiger partial charge in [-0.3, -0.25) is 0 Å². The molecular formula is C23H19N5OSi. The molecule has 0 bridgehead atoms. The van der Waals surface area contributed by atoms with Crippen LogP contribution in [-0.2, 0) is 11.6 Å². The molecule has 0 aliphatic carbocycles. The largest absolute Gasteiger partial charge is 0.438 e. The zero-order valence-electron chi connectivity index (χ0n) is 16.4. The average molecular weight is 410 g/mol. The molecule has 0 saturated heterocycles. The SMILES string of the molecule is Cn1nc(C=NO[Si](c2ccccc2)(c2ccccc2)c2ccccc2)nc1C#N. The van der Waals surface area contributed by atoms with Crippen molar-refractivity contribution in [2.75, 3.05) is 0 Å². The second-order valence-electron chi connectivity index (χ2n) is 6.63. The number of hydrogen-bond acceptors (Lipinski definition) is 5. The molecule has 0 saturated carbocycles. The molecule has 0 aliphatic rings. The van der Waals surface area contributed by atoms with Crippen LogP contribution in [-0.4, -0.2) is 29.3 Å². The molecule has 6 nitrogen and oxygen atoms in total. The number of hydrogen-bond donors (Lipinski definition) is 0. The Labute approximate surface area is 175 Å². The molecule has 0 unspecified atom stereocenters. The third-order valence-corrected chi connectivity index (χ3v) is 8.60. The van der Waals surface area contributed by atoms with Crippen LogP contribution in [0.1, 0.15) is 11.6 Å². The summed E-state index contributed by atoms with van der Waals surface area (Å²) in [6.45, 7) is 0. The maximum absolute atomic E-state index is 9.09. The smallest absolute Gasteiger partial charge is 0.380 e. The van der Waals surface area contributed by atoms with E-state index >= 15 is 0 Å². The van der Waals surface area contributed by atoms with Crippen molar-refractivity contribution >= 4 is 30.1 Å². The van der Waals surface area contributed by atoms with Crippen LogP contribution in [0.25, 0.3) is 0 Å². The van der Waals surface area contributed by atoms with Gasteiger partial charge in [-0.2, -0.15) is 10.2 Å². The molecule has 146 valence electrons. The molecule has 0 amide bonds. The Balaban J connectivity index is 1.84. The molecule has 1 aromatic heterocycles. The first-order chi connectivity index (χ1) is 14.7. The van der Waals surface area contributed by atoms with E-state index in [4.69, 9.17) is 9.79 Å². The van der Waals surface area contributed by atoms with Crippen molar-refractivity contribution in [2.24, 2.45) is 12.2 Å². The van der Waals surface area contributed by atoms with Crippen molar-refractivity contribution in [1.82, 2.24) is 14.8 Å². The summed E-state index contributed by atoms with van der Waals surface area (Å²) in [5, 5.41) is 20.8. The number of aromatic nitrogens is 3. The summed E-state index contributed by atoms with van der Waals surface area (Å²) < 4.78 is 7.83. The van der Waals surface area contributed by atoms with Gasteiger partial charge in [0.05, 0.1) is 0 Å². The highest BCUT2D eigenvalue weighted by atomic mass is 28.4. The standard InChI is InChI=1S/C23H19N5OSi/c1-28-23(17-24)26-22(27-28)18-25-29-30(19-11-5-2-6-12-19,20-13-7-3-8-14-20)21-15-9-4-10-16-21/h2-16,18H,1H3. The molecule has 3 aromatic carbocycles. The van der Waals surface area contributed by atoms with Crippen LogP contribution in [0.5, 0.6) is 0 Å². The summed E-state index contributed by atoms with van der Waals surface area (Å²) in [6.07, 6.45) is 1.46. The van der Waals surface area contributed by atoms with Crippen LogP contribution in [0, 0.1) is 11.3 Å². The first-order valence-electron chi connectivity index (χ1n) is 9.43. The van der Waals surface area contributed by atoms with Crippen LogP contribution >= 0.6 is 0 Å². The number of aryl methyl sites for hydroxylation is 1. The quantitative estimate of drug-likeness (QED) is 0.210. The maximum atomic E-state index is 9.09. The predicted molar refractivity (Wildman–Crippen MR) is 118 cm³/mol. The fourth-order valence-electron chi connectivity index (χ4n) is 3.39. The van der Waals surface area contributed by atoms with Gasteiger partial charge in [0.1, 0.15) is 12.3 Å². The normalized spacial score (nSPS) is 11.3. The Hall–Kier alpha value is -4.02. The van der Waals surface area contributed by atoms with Gasteiger partial charge in [0.25, 0.3) is 0 Å².